The number of nitrogens with zero attached hydrogens (tertiary/aromatic N) is 2. The van der Waals surface area contributed by atoms with Crippen molar-refractivity contribution in [3.63, 3.8) is 0 Å². The number of ether oxygens (including phenoxy) is 1. The molecule has 0 bridgehead atoms. The first-order valence-corrected chi connectivity index (χ1v) is 8.86. The van der Waals surface area contributed by atoms with Gasteiger partial charge in [-0.05, 0) is 32.6 Å². The van der Waals surface area contributed by atoms with Crippen LogP contribution in [0.3, 0.4) is 0 Å². The van der Waals surface area contributed by atoms with Gasteiger partial charge in [0.1, 0.15) is 0 Å². The van der Waals surface area contributed by atoms with Gasteiger partial charge in [-0.2, -0.15) is 0 Å². The van der Waals surface area contributed by atoms with Gasteiger partial charge in [-0.25, -0.2) is 0 Å². The second-order valence-corrected chi connectivity index (χ2v) is 7.03. The molecule has 0 amide bonds. The minimum Gasteiger partial charge on any atom is -0.377 e. The van der Waals surface area contributed by atoms with Crippen LogP contribution in [0.2, 0.25) is 0 Å². The second-order valence-electron chi connectivity index (χ2n) is 7.03. The minimum absolute atomic E-state index is 0. The Kier molecular flexibility index (Phi) is 6.39. The van der Waals surface area contributed by atoms with Crippen molar-refractivity contribution in [1.82, 2.24) is 10.2 Å². The number of unbranched alkanes of at least 4 members (excludes halogenated alkanes) is 1. The monoisotopic (exact) mass is 421 g/mol. The molecule has 3 fully saturated rings. The maximum absolute atomic E-state index is 6.01. The topological polar surface area (TPSA) is 36.9 Å². The molecule has 1 saturated heterocycles. The SMILES string of the molecule is CCCCN(C)C(=NCC)NC1C2CCOC2C12CCC2.I. The summed E-state index contributed by atoms with van der Waals surface area (Å²) in [5.41, 5.74) is 0.432. The number of halogens is 1. The van der Waals surface area contributed by atoms with E-state index in [2.05, 4.69) is 31.1 Å². The quantitative estimate of drug-likeness (QED) is 0.421. The standard InChI is InChI=1S/C17H31N3O.HI/c1-4-6-11-20(3)16(18-5-2)19-14-13-8-12-21-15(13)17(14)9-7-10-17;/h13-15H,4-12H2,1-3H3,(H,18,19);1H. The van der Waals surface area contributed by atoms with Crippen LogP contribution in [0.25, 0.3) is 0 Å². The third kappa shape index (κ3) is 2.99. The molecule has 3 atom stereocenters. The summed E-state index contributed by atoms with van der Waals surface area (Å²) in [6, 6.07) is 0.591. The Morgan fingerprint density at radius 2 is 2.14 bits per heavy atom. The molecule has 5 heteroatoms. The largest absolute Gasteiger partial charge is 0.377 e. The zero-order valence-electron chi connectivity index (χ0n) is 14.3. The van der Waals surface area contributed by atoms with Crippen LogP contribution in [0.1, 0.15) is 52.4 Å². The van der Waals surface area contributed by atoms with Crippen molar-refractivity contribution in [2.24, 2.45) is 16.3 Å². The Labute approximate surface area is 152 Å². The molecular weight excluding hydrogens is 389 g/mol. The number of nitrogens with one attached hydrogen (secondary N) is 1. The summed E-state index contributed by atoms with van der Waals surface area (Å²) in [5, 5.41) is 3.82. The van der Waals surface area contributed by atoms with Crippen molar-refractivity contribution in [3.05, 3.63) is 0 Å². The molecule has 2 aliphatic carbocycles. The van der Waals surface area contributed by atoms with Gasteiger partial charge in [0, 0.05) is 44.1 Å². The third-order valence-electron chi connectivity index (χ3n) is 5.84. The van der Waals surface area contributed by atoms with Gasteiger partial charge in [0.05, 0.1) is 6.10 Å². The van der Waals surface area contributed by atoms with Gasteiger partial charge in [-0.1, -0.05) is 19.8 Å². The number of guanidine groups is 1. The summed E-state index contributed by atoms with van der Waals surface area (Å²) in [6.07, 6.45) is 8.27. The fourth-order valence-corrected chi connectivity index (χ4v) is 4.52. The molecule has 1 N–H and O–H groups in total. The van der Waals surface area contributed by atoms with Crippen molar-refractivity contribution >= 4 is 29.9 Å². The third-order valence-corrected chi connectivity index (χ3v) is 5.84. The Balaban J connectivity index is 0.00000176. The number of fused-ring (bicyclic) bond motifs is 2. The van der Waals surface area contributed by atoms with Gasteiger partial charge >= 0.3 is 0 Å². The fourth-order valence-electron chi connectivity index (χ4n) is 4.52. The number of hydrogen-bond donors (Lipinski definition) is 1. The molecule has 3 unspecified atom stereocenters. The van der Waals surface area contributed by atoms with Crippen LogP contribution in [0.5, 0.6) is 0 Å². The molecule has 4 nitrogen and oxygen atoms in total. The van der Waals surface area contributed by atoms with E-state index in [1.54, 1.807) is 0 Å². The molecule has 0 aromatic heterocycles. The average Bonchev–Trinajstić information content (AvgIpc) is 2.84. The Morgan fingerprint density at radius 3 is 2.73 bits per heavy atom. The summed E-state index contributed by atoms with van der Waals surface area (Å²) >= 11 is 0. The molecule has 0 radical (unpaired) electrons. The highest BCUT2D eigenvalue weighted by Gasteiger charge is 2.66. The zero-order valence-corrected chi connectivity index (χ0v) is 16.6. The van der Waals surface area contributed by atoms with E-state index in [9.17, 15) is 0 Å². The molecule has 22 heavy (non-hydrogen) atoms. The minimum atomic E-state index is 0. The molecule has 0 aromatic rings. The lowest BCUT2D eigenvalue weighted by molar-refractivity contribution is -0.171. The van der Waals surface area contributed by atoms with Crippen LogP contribution >= 0.6 is 24.0 Å². The normalized spacial score (nSPS) is 31.8. The van der Waals surface area contributed by atoms with Gasteiger partial charge < -0.3 is 15.0 Å². The molecule has 1 spiro atoms. The van der Waals surface area contributed by atoms with Crippen LogP contribution in [-0.2, 0) is 4.74 Å². The summed E-state index contributed by atoms with van der Waals surface area (Å²) in [5.74, 6) is 1.82. The van der Waals surface area contributed by atoms with E-state index in [4.69, 9.17) is 9.73 Å². The van der Waals surface area contributed by atoms with Gasteiger partial charge in [-0.3, -0.25) is 4.99 Å². The van der Waals surface area contributed by atoms with Crippen molar-refractivity contribution in [3.8, 4) is 0 Å². The van der Waals surface area contributed by atoms with Gasteiger partial charge in [-0.15, -0.1) is 24.0 Å². The van der Waals surface area contributed by atoms with E-state index < -0.39 is 0 Å². The maximum Gasteiger partial charge on any atom is 0.193 e. The highest BCUT2D eigenvalue weighted by atomic mass is 127. The summed E-state index contributed by atoms with van der Waals surface area (Å²) < 4.78 is 6.01. The van der Waals surface area contributed by atoms with Crippen molar-refractivity contribution in [2.75, 3.05) is 26.7 Å². The molecule has 3 rings (SSSR count). The fraction of sp³-hybridized carbons (Fsp3) is 0.941. The maximum atomic E-state index is 6.01. The Morgan fingerprint density at radius 1 is 1.36 bits per heavy atom. The van der Waals surface area contributed by atoms with Gasteiger partial charge in [0.25, 0.3) is 0 Å². The predicted octanol–water partition coefficient (Wildman–Crippen LogP) is 3.26. The van der Waals surface area contributed by atoms with Crippen LogP contribution < -0.4 is 5.32 Å². The van der Waals surface area contributed by atoms with Crippen LogP contribution in [0, 0.1) is 11.3 Å². The zero-order chi connectivity index (χ0) is 14.9. The van der Waals surface area contributed by atoms with E-state index in [-0.39, 0.29) is 24.0 Å². The molecule has 128 valence electrons. The highest BCUT2D eigenvalue weighted by molar-refractivity contribution is 14.0. The summed E-state index contributed by atoms with van der Waals surface area (Å²) in [7, 11) is 2.17. The van der Waals surface area contributed by atoms with Crippen molar-refractivity contribution < 1.29 is 4.74 Å². The first-order chi connectivity index (χ1) is 10.2. The number of hydrogen-bond acceptors (Lipinski definition) is 2. The van der Waals surface area contributed by atoms with Crippen molar-refractivity contribution in [2.45, 2.75) is 64.5 Å². The van der Waals surface area contributed by atoms with Crippen LogP contribution in [-0.4, -0.2) is 49.7 Å². The highest BCUT2D eigenvalue weighted by Crippen LogP contribution is 2.62. The smallest absolute Gasteiger partial charge is 0.193 e. The van der Waals surface area contributed by atoms with E-state index in [0.29, 0.717) is 23.5 Å². The van der Waals surface area contributed by atoms with Crippen molar-refractivity contribution in [1.29, 1.82) is 0 Å². The van der Waals surface area contributed by atoms with E-state index in [1.807, 2.05) is 0 Å². The lowest BCUT2D eigenvalue weighted by atomic mass is 9.46. The first-order valence-electron chi connectivity index (χ1n) is 8.86. The molecule has 2 saturated carbocycles. The molecule has 0 aromatic carbocycles. The average molecular weight is 421 g/mol. The van der Waals surface area contributed by atoms with E-state index in [0.717, 1.165) is 25.7 Å². The molecule has 1 heterocycles. The molecule has 1 aliphatic heterocycles. The Bertz CT molecular complexity index is 397. The van der Waals surface area contributed by atoms with Crippen LogP contribution in [0.4, 0.5) is 0 Å². The summed E-state index contributed by atoms with van der Waals surface area (Å²) in [6.45, 7) is 7.27. The predicted molar refractivity (Wildman–Crippen MR) is 102 cm³/mol. The van der Waals surface area contributed by atoms with Gasteiger partial charge in [0.2, 0.25) is 0 Å². The van der Waals surface area contributed by atoms with Crippen LogP contribution in [0.15, 0.2) is 4.99 Å². The van der Waals surface area contributed by atoms with E-state index in [1.165, 1.54) is 38.5 Å². The number of aliphatic imine (C=N–C) groups is 1. The van der Waals surface area contributed by atoms with E-state index >= 15 is 0 Å². The second kappa shape index (κ2) is 7.69. The molecule has 3 aliphatic rings. The number of rotatable bonds is 5. The lowest BCUT2D eigenvalue weighted by Crippen LogP contribution is -2.72. The lowest BCUT2D eigenvalue weighted by Gasteiger charge is -2.63. The summed E-state index contributed by atoms with van der Waals surface area (Å²) in [4.78, 5) is 7.04. The first kappa shape index (κ1) is 18.3. The Hall–Kier alpha value is -0.0400. The van der Waals surface area contributed by atoms with Gasteiger partial charge in [0.15, 0.2) is 5.96 Å². The molecular formula is C17H32IN3O.